The highest BCUT2D eigenvalue weighted by Crippen LogP contribution is 2.14. The van der Waals surface area contributed by atoms with Gasteiger partial charge in [-0.15, -0.1) is 0 Å². The first-order valence-electron chi connectivity index (χ1n) is 7.61. The second kappa shape index (κ2) is 8.08. The van der Waals surface area contributed by atoms with E-state index >= 15 is 0 Å². The summed E-state index contributed by atoms with van der Waals surface area (Å²) in [7, 11) is 0. The molecule has 5 heteroatoms. The van der Waals surface area contributed by atoms with E-state index < -0.39 is 0 Å². The van der Waals surface area contributed by atoms with Crippen LogP contribution in [0.1, 0.15) is 19.4 Å². The molecule has 0 aliphatic rings. The second-order valence-corrected chi connectivity index (χ2v) is 5.21. The molecule has 0 saturated heterocycles. The molecule has 0 radical (unpaired) electrons. The van der Waals surface area contributed by atoms with Gasteiger partial charge >= 0.3 is 0 Å². The minimum absolute atomic E-state index is 0.0486. The van der Waals surface area contributed by atoms with E-state index in [1.54, 1.807) is 17.3 Å². The van der Waals surface area contributed by atoms with Gasteiger partial charge in [-0.05, 0) is 30.7 Å². The van der Waals surface area contributed by atoms with E-state index in [-0.39, 0.29) is 18.4 Å². The van der Waals surface area contributed by atoms with E-state index in [9.17, 15) is 9.59 Å². The first-order chi connectivity index (χ1) is 11.1. The lowest BCUT2D eigenvalue weighted by molar-refractivity contribution is -0.134. The van der Waals surface area contributed by atoms with Crippen molar-refractivity contribution in [3.63, 3.8) is 0 Å². The van der Waals surface area contributed by atoms with E-state index in [0.717, 1.165) is 11.3 Å². The Balaban J connectivity index is 2.09. The molecular weight excluding hydrogens is 290 g/mol. The van der Waals surface area contributed by atoms with Crippen LogP contribution in [0.5, 0.6) is 0 Å². The second-order valence-electron chi connectivity index (χ2n) is 5.21. The fourth-order valence-corrected chi connectivity index (χ4v) is 2.35. The summed E-state index contributed by atoms with van der Waals surface area (Å²) >= 11 is 0. The number of hydrogen-bond donors (Lipinski definition) is 0. The summed E-state index contributed by atoms with van der Waals surface area (Å²) in [6.45, 7) is 4.38. The molecule has 0 atom stereocenters. The van der Waals surface area contributed by atoms with Gasteiger partial charge in [0.2, 0.25) is 11.8 Å². The molecule has 5 nitrogen and oxygen atoms in total. The van der Waals surface area contributed by atoms with Gasteiger partial charge in [-0.25, -0.2) is 0 Å². The van der Waals surface area contributed by atoms with Crippen LogP contribution in [0.25, 0.3) is 0 Å². The van der Waals surface area contributed by atoms with Gasteiger partial charge in [0, 0.05) is 38.1 Å². The Labute approximate surface area is 136 Å². The predicted octanol–water partition coefficient (Wildman–Crippen LogP) is 2.48. The molecule has 0 spiro atoms. The van der Waals surface area contributed by atoms with Crippen LogP contribution < -0.4 is 4.90 Å². The van der Waals surface area contributed by atoms with Crippen molar-refractivity contribution in [3.8, 4) is 0 Å². The monoisotopic (exact) mass is 311 g/mol. The summed E-state index contributed by atoms with van der Waals surface area (Å²) in [5, 5.41) is 0. The number of pyridine rings is 1. The number of carbonyl (C=O) groups is 2. The van der Waals surface area contributed by atoms with Crippen molar-refractivity contribution in [2.45, 2.75) is 20.4 Å². The number of benzene rings is 1. The number of amides is 2. The summed E-state index contributed by atoms with van der Waals surface area (Å²) in [5.41, 5.74) is 1.74. The van der Waals surface area contributed by atoms with E-state index in [0.29, 0.717) is 13.1 Å². The Hall–Kier alpha value is -2.69. The lowest BCUT2D eigenvalue weighted by atomic mass is 10.2. The lowest BCUT2D eigenvalue weighted by Gasteiger charge is -2.26. The molecule has 2 amide bonds. The van der Waals surface area contributed by atoms with E-state index in [1.165, 1.54) is 11.8 Å². The van der Waals surface area contributed by atoms with Gasteiger partial charge in [-0.1, -0.05) is 24.3 Å². The highest BCUT2D eigenvalue weighted by molar-refractivity contribution is 5.96. The van der Waals surface area contributed by atoms with Crippen LogP contribution in [0.3, 0.4) is 0 Å². The van der Waals surface area contributed by atoms with Gasteiger partial charge in [0.1, 0.15) is 6.54 Å². The third-order valence-corrected chi connectivity index (χ3v) is 3.55. The number of rotatable bonds is 6. The van der Waals surface area contributed by atoms with Crippen molar-refractivity contribution in [1.82, 2.24) is 9.88 Å². The van der Waals surface area contributed by atoms with Crippen LogP contribution in [0.15, 0.2) is 54.9 Å². The molecule has 0 bridgehead atoms. The minimum atomic E-state index is -0.133. The maximum Gasteiger partial charge on any atom is 0.246 e. The third-order valence-electron chi connectivity index (χ3n) is 3.55. The zero-order chi connectivity index (χ0) is 16.7. The van der Waals surface area contributed by atoms with Crippen LogP contribution in [-0.2, 0) is 16.1 Å². The largest absolute Gasteiger partial charge is 0.329 e. The zero-order valence-electron chi connectivity index (χ0n) is 13.5. The molecule has 2 aromatic rings. The molecule has 0 aliphatic heterocycles. The molecule has 0 fully saturated rings. The number of para-hydroxylation sites is 1. The van der Waals surface area contributed by atoms with Crippen LogP contribution >= 0.6 is 0 Å². The standard InChI is InChI=1S/C18H21N3O2/c1-3-21(17-9-5-4-6-10-17)18(23)14-20(15(2)22)13-16-8-7-11-19-12-16/h4-12H,3,13-14H2,1-2H3. The fourth-order valence-electron chi connectivity index (χ4n) is 2.35. The normalized spacial score (nSPS) is 10.2. The average Bonchev–Trinajstić information content (AvgIpc) is 2.57. The van der Waals surface area contributed by atoms with Crippen molar-refractivity contribution in [1.29, 1.82) is 0 Å². The van der Waals surface area contributed by atoms with Crippen LogP contribution in [-0.4, -0.2) is 34.8 Å². The fraction of sp³-hybridized carbons (Fsp3) is 0.278. The van der Waals surface area contributed by atoms with Gasteiger partial charge in [-0.3, -0.25) is 14.6 Å². The third kappa shape index (κ3) is 4.64. The Kier molecular flexibility index (Phi) is 5.86. The molecule has 0 N–H and O–H groups in total. The molecular formula is C18H21N3O2. The predicted molar refractivity (Wildman–Crippen MR) is 89.8 cm³/mol. The topological polar surface area (TPSA) is 53.5 Å². The summed E-state index contributed by atoms with van der Waals surface area (Å²) in [6, 6.07) is 13.2. The number of aromatic nitrogens is 1. The Morgan fingerprint density at radius 3 is 2.39 bits per heavy atom. The van der Waals surface area contributed by atoms with Gasteiger partial charge in [0.25, 0.3) is 0 Å². The average molecular weight is 311 g/mol. The highest BCUT2D eigenvalue weighted by Gasteiger charge is 2.19. The molecule has 0 unspecified atom stereocenters. The zero-order valence-corrected chi connectivity index (χ0v) is 13.5. The van der Waals surface area contributed by atoms with Gasteiger partial charge in [0.15, 0.2) is 0 Å². The van der Waals surface area contributed by atoms with Crippen molar-refractivity contribution in [2.75, 3.05) is 18.0 Å². The Morgan fingerprint density at radius 2 is 1.83 bits per heavy atom. The molecule has 1 aromatic heterocycles. The SMILES string of the molecule is CCN(C(=O)CN(Cc1cccnc1)C(C)=O)c1ccccc1. The molecule has 0 aliphatic carbocycles. The summed E-state index contributed by atoms with van der Waals surface area (Å²) in [5.74, 6) is -0.232. The molecule has 0 saturated carbocycles. The number of likely N-dealkylation sites (N-methyl/N-ethyl adjacent to an activating group) is 1. The van der Waals surface area contributed by atoms with Crippen LogP contribution in [0.2, 0.25) is 0 Å². The number of anilines is 1. The van der Waals surface area contributed by atoms with Gasteiger partial charge in [0.05, 0.1) is 0 Å². The molecule has 120 valence electrons. The highest BCUT2D eigenvalue weighted by atomic mass is 16.2. The van der Waals surface area contributed by atoms with Gasteiger partial charge in [-0.2, -0.15) is 0 Å². The number of carbonyl (C=O) groups excluding carboxylic acids is 2. The first-order valence-corrected chi connectivity index (χ1v) is 7.61. The molecule has 23 heavy (non-hydrogen) atoms. The lowest BCUT2D eigenvalue weighted by Crippen LogP contribution is -2.42. The van der Waals surface area contributed by atoms with Crippen molar-refractivity contribution < 1.29 is 9.59 Å². The number of hydrogen-bond acceptors (Lipinski definition) is 3. The Morgan fingerprint density at radius 1 is 1.09 bits per heavy atom. The quantitative estimate of drug-likeness (QED) is 0.823. The summed E-state index contributed by atoms with van der Waals surface area (Å²) in [6.07, 6.45) is 3.39. The van der Waals surface area contributed by atoms with Crippen molar-refractivity contribution >= 4 is 17.5 Å². The summed E-state index contributed by atoms with van der Waals surface area (Å²) < 4.78 is 0. The van der Waals surface area contributed by atoms with Crippen LogP contribution in [0, 0.1) is 0 Å². The van der Waals surface area contributed by atoms with Crippen molar-refractivity contribution in [3.05, 3.63) is 60.4 Å². The first kappa shape index (κ1) is 16.7. The van der Waals surface area contributed by atoms with Crippen LogP contribution in [0.4, 0.5) is 5.69 Å². The maximum atomic E-state index is 12.6. The Bertz CT molecular complexity index is 644. The maximum absolute atomic E-state index is 12.6. The van der Waals surface area contributed by atoms with Gasteiger partial charge < -0.3 is 9.80 Å². The van der Waals surface area contributed by atoms with Crippen molar-refractivity contribution in [2.24, 2.45) is 0 Å². The van der Waals surface area contributed by atoms with E-state index in [2.05, 4.69) is 4.98 Å². The smallest absolute Gasteiger partial charge is 0.246 e. The number of nitrogens with zero attached hydrogens (tertiary/aromatic N) is 3. The summed E-state index contributed by atoms with van der Waals surface area (Å²) in [4.78, 5) is 31.7. The minimum Gasteiger partial charge on any atom is -0.329 e. The van der Waals surface area contributed by atoms with E-state index in [1.807, 2.05) is 49.4 Å². The molecule has 1 aromatic carbocycles. The van der Waals surface area contributed by atoms with E-state index in [4.69, 9.17) is 0 Å². The molecule has 2 rings (SSSR count). The molecule has 1 heterocycles.